The third-order valence-corrected chi connectivity index (χ3v) is 3.73. The normalized spacial score (nSPS) is 15.0. The lowest BCUT2D eigenvalue weighted by Crippen LogP contribution is -2.41. The molecule has 1 saturated carbocycles. The molecule has 1 aliphatic carbocycles. The van der Waals surface area contributed by atoms with Gasteiger partial charge in [0.15, 0.2) is 0 Å². The van der Waals surface area contributed by atoms with E-state index in [1.165, 1.54) is 6.42 Å². The van der Waals surface area contributed by atoms with Crippen molar-refractivity contribution in [2.45, 2.75) is 25.3 Å². The van der Waals surface area contributed by atoms with Crippen LogP contribution in [0.15, 0.2) is 30.5 Å². The summed E-state index contributed by atoms with van der Waals surface area (Å²) in [5, 5.41) is 7.24. The van der Waals surface area contributed by atoms with Gasteiger partial charge in [0.05, 0.1) is 16.2 Å². The predicted molar refractivity (Wildman–Crippen MR) is 76.5 cm³/mol. The Morgan fingerprint density at radius 2 is 2.16 bits per heavy atom. The topological polar surface area (TPSA) is 54.0 Å². The molecule has 0 spiro atoms. The first-order valence-corrected chi connectivity index (χ1v) is 6.72. The summed E-state index contributed by atoms with van der Waals surface area (Å²) in [6.45, 7) is 0. The van der Waals surface area contributed by atoms with Gasteiger partial charge < -0.3 is 10.6 Å². The van der Waals surface area contributed by atoms with Gasteiger partial charge in [-0.1, -0.05) is 11.6 Å². The van der Waals surface area contributed by atoms with Crippen LogP contribution in [0.4, 0.5) is 10.5 Å². The summed E-state index contributed by atoms with van der Waals surface area (Å²) in [7, 11) is 0. The van der Waals surface area contributed by atoms with Crippen LogP contribution in [0.2, 0.25) is 5.02 Å². The number of hydrogen-bond donors (Lipinski definition) is 2. The van der Waals surface area contributed by atoms with Gasteiger partial charge in [-0.3, -0.25) is 4.98 Å². The molecule has 1 aromatic heterocycles. The standard InChI is InChI=1S/C14H14ClN3O/c15-11-6-7-12(13-10(11)5-2-8-16-13)18-14(19)17-9-3-1-4-9/h2,5-9H,1,3-4H2,(H2,17,18,19). The van der Waals surface area contributed by atoms with Gasteiger partial charge in [-0.05, 0) is 43.5 Å². The summed E-state index contributed by atoms with van der Waals surface area (Å²) in [5.41, 5.74) is 1.38. The van der Waals surface area contributed by atoms with Crippen LogP contribution in [0.25, 0.3) is 10.9 Å². The lowest BCUT2D eigenvalue weighted by atomic mass is 9.93. The molecule has 0 radical (unpaired) electrons. The van der Waals surface area contributed by atoms with E-state index < -0.39 is 0 Å². The first-order valence-electron chi connectivity index (χ1n) is 6.35. The van der Waals surface area contributed by atoms with E-state index in [2.05, 4.69) is 15.6 Å². The highest BCUT2D eigenvalue weighted by Crippen LogP contribution is 2.28. The summed E-state index contributed by atoms with van der Waals surface area (Å²) >= 11 is 6.11. The van der Waals surface area contributed by atoms with Crippen LogP contribution in [0.1, 0.15) is 19.3 Å². The minimum Gasteiger partial charge on any atom is -0.335 e. The van der Waals surface area contributed by atoms with Gasteiger partial charge in [0.2, 0.25) is 0 Å². The molecule has 98 valence electrons. The third-order valence-electron chi connectivity index (χ3n) is 3.41. The lowest BCUT2D eigenvalue weighted by molar-refractivity contribution is 0.240. The SMILES string of the molecule is O=C(Nc1ccc(Cl)c2cccnc12)NC1CCC1. The first-order chi connectivity index (χ1) is 9.24. The number of pyridine rings is 1. The largest absolute Gasteiger partial charge is 0.335 e. The van der Waals surface area contributed by atoms with Crippen LogP contribution in [-0.4, -0.2) is 17.1 Å². The van der Waals surface area contributed by atoms with Crippen LogP contribution >= 0.6 is 11.6 Å². The molecule has 19 heavy (non-hydrogen) atoms. The van der Waals surface area contributed by atoms with Crippen molar-refractivity contribution < 1.29 is 4.79 Å². The number of fused-ring (bicyclic) bond motifs is 1. The zero-order valence-electron chi connectivity index (χ0n) is 10.3. The van der Waals surface area contributed by atoms with E-state index in [0.717, 1.165) is 18.2 Å². The molecular weight excluding hydrogens is 262 g/mol. The molecule has 0 atom stereocenters. The van der Waals surface area contributed by atoms with Gasteiger partial charge in [-0.25, -0.2) is 4.79 Å². The van der Waals surface area contributed by atoms with Crippen LogP contribution in [-0.2, 0) is 0 Å². The van der Waals surface area contributed by atoms with Gasteiger partial charge in [-0.2, -0.15) is 0 Å². The van der Waals surface area contributed by atoms with E-state index >= 15 is 0 Å². The number of nitrogens with one attached hydrogen (secondary N) is 2. The van der Waals surface area contributed by atoms with Crippen molar-refractivity contribution >= 4 is 34.2 Å². The quantitative estimate of drug-likeness (QED) is 0.880. The van der Waals surface area contributed by atoms with Crippen LogP contribution in [0, 0.1) is 0 Å². The lowest BCUT2D eigenvalue weighted by Gasteiger charge is -2.26. The number of aromatic nitrogens is 1. The minimum atomic E-state index is -0.182. The monoisotopic (exact) mass is 275 g/mol. The minimum absolute atomic E-state index is 0.182. The molecule has 0 aliphatic heterocycles. The molecule has 0 saturated heterocycles. The molecule has 0 unspecified atom stereocenters. The third kappa shape index (κ3) is 2.49. The highest BCUT2D eigenvalue weighted by Gasteiger charge is 2.19. The molecule has 5 heteroatoms. The summed E-state index contributed by atoms with van der Waals surface area (Å²) in [6, 6.07) is 7.39. The Hall–Kier alpha value is -1.81. The Labute approximate surface area is 116 Å². The molecule has 1 aromatic carbocycles. The van der Waals surface area contributed by atoms with Crippen molar-refractivity contribution in [2.24, 2.45) is 0 Å². The summed E-state index contributed by atoms with van der Waals surface area (Å²) in [6.07, 6.45) is 5.00. The smallest absolute Gasteiger partial charge is 0.319 e. The van der Waals surface area contributed by atoms with Crippen molar-refractivity contribution in [2.75, 3.05) is 5.32 Å². The van der Waals surface area contributed by atoms with Crippen molar-refractivity contribution in [3.63, 3.8) is 0 Å². The maximum atomic E-state index is 11.9. The average molecular weight is 276 g/mol. The maximum Gasteiger partial charge on any atom is 0.319 e. The van der Waals surface area contributed by atoms with Crippen molar-refractivity contribution in [3.05, 3.63) is 35.5 Å². The number of carbonyl (C=O) groups is 1. The molecule has 2 aromatic rings. The molecule has 1 aliphatic rings. The molecule has 3 rings (SSSR count). The molecule has 0 bridgehead atoms. The number of rotatable bonds is 2. The Morgan fingerprint density at radius 1 is 1.32 bits per heavy atom. The van der Waals surface area contributed by atoms with Gasteiger partial charge in [-0.15, -0.1) is 0 Å². The number of hydrogen-bond acceptors (Lipinski definition) is 2. The highest BCUT2D eigenvalue weighted by molar-refractivity contribution is 6.35. The Bertz CT molecular complexity index is 625. The molecule has 2 N–H and O–H groups in total. The molecule has 4 nitrogen and oxygen atoms in total. The fourth-order valence-electron chi connectivity index (χ4n) is 2.14. The maximum absolute atomic E-state index is 11.9. The number of halogens is 1. The second-order valence-corrected chi connectivity index (χ2v) is 5.13. The van der Waals surface area contributed by atoms with Crippen LogP contribution in [0.3, 0.4) is 0 Å². The van der Waals surface area contributed by atoms with Gasteiger partial charge in [0, 0.05) is 17.6 Å². The predicted octanol–water partition coefficient (Wildman–Crippen LogP) is 3.56. The molecule has 1 heterocycles. The number of amides is 2. The number of benzene rings is 1. The summed E-state index contributed by atoms with van der Waals surface area (Å²) in [4.78, 5) is 16.1. The second-order valence-electron chi connectivity index (χ2n) is 4.72. The van der Waals surface area contributed by atoms with E-state index in [-0.39, 0.29) is 6.03 Å². The van der Waals surface area contributed by atoms with E-state index in [4.69, 9.17) is 11.6 Å². The fourth-order valence-corrected chi connectivity index (χ4v) is 2.35. The first kappa shape index (κ1) is 12.2. The zero-order valence-corrected chi connectivity index (χ0v) is 11.1. The zero-order chi connectivity index (χ0) is 13.2. The second kappa shape index (κ2) is 5.05. The Balaban J connectivity index is 1.84. The van der Waals surface area contributed by atoms with Crippen molar-refractivity contribution in [1.82, 2.24) is 10.3 Å². The molecule has 1 fully saturated rings. The van der Waals surface area contributed by atoms with Crippen molar-refractivity contribution in [1.29, 1.82) is 0 Å². The van der Waals surface area contributed by atoms with E-state index in [1.54, 1.807) is 18.3 Å². The summed E-state index contributed by atoms with van der Waals surface area (Å²) < 4.78 is 0. The van der Waals surface area contributed by atoms with E-state index in [9.17, 15) is 4.79 Å². The van der Waals surface area contributed by atoms with E-state index in [1.807, 2.05) is 12.1 Å². The van der Waals surface area contributed by atoms with Gasteiger partial charge >= 0.3 is 6.03 Å². The van der Waals surface area contributed by atoms with Crippen molar-refractivity contribution in [3.8, 4) is 0 Å². The molecular formula is C14H14ClN3O. The Kier molecular flexibility index (Phi) is 3.25. The fraction of sp³-hybridized carbons (Fsp3) is 0.286. The number of anilines is 1. The number of urea groups is 1. The summed E-state index contributed by atoms with van der Waals surface area (Å²) in [5.74, 6) is 0. The number of carbonyl (C=O) groups excluding carboxylic acids is 1. The Morgan fingerprint density at radius 3 is 2.89 bits per heavy atom. The van der Waals surface area contributed by atoms with E-state index in [0.29, 0.717) is 22.3 Å². The van der Waals surface area contributed by atoms with Crippen LogP contribution in [0.5, 0.6) is 0 Å². The van der Waals surface area contributed by atoms with Gasteiger partial charge in [0.1, 0.15) is 0 Å². The number of nitrogens with zero attached hydrogens (tertiary/aromatic N) is 1. The highest BCUT2D eigenvalue weighted by atomic mass is 35.5. The average Bonchev–Trinajstić information content (AvgIpc) is 2.38. The molecule has 2 amide bonds. The van der Waals surface area contributed by atoms with Crippen LogP contribution < -0.4 is 10.6 Å². The van der Waals surface area contributed by atoms with Gasteiger partial charge in [0.25, 0.3) is 0 Å².